The van der Waals surface area contributed by atoms with Crippen LogP contribution in [-0.4, -0.2) is 44.7 Å². The van der Waals surface area contributed by atoms with Gasteiger partial charge >= 0.3 is 6.03 Å². The van der Waals surface area contributed by atoms with Crippen molar-refractivity contribution in [3.05, 3.63) is 17.0 Å². The summed E-state index contributed by atoms with van der Waals surface area (Å²) in [7, 11) is 4.04. The van der Waals surface area contributed by atoms with Gasteiger partial charge in [-0.15, -0.1) is 11.3 Å². The molecule has 108 valence electrons. The fourth-order valence-corrected chi connectivity index (χ4v) is 2.57. The normalized spacial score (nSPS) is 10.8. The zero-order valence-corrected chi connectivity index (χ0v) is 13.2. The number of nitrogens with one attached hydrogen (secondary N) is 1. The minimum atomic E-state index is 0.0113. The van der Waals surface area contributed by atoms with Crippen LogP contribution in [0.25, 0.3) is 0 Å². The van der Waals surface area contributed by atoms with Gasteiger partial charge in [-0.05, 0) is 44.4 Å². The molecule has 5 heteroatoms. The molecule has 0 unspecified atom stereocenters. The van der Waals surface area contributed by atoms with Crippen LogP contribution in [-0.2, 0) is 0 Å². The molecule has 2 amide bonds. The minimum Gasteiger partial charge on any atom is -0.338 e. The van der Waals surface area contributed by atoms with E-state index < -0.39 is 0 Å². The van der Waals surface area contributed by atoms with E-state index in [1.165, 1.54) is 5.56 Å². The molecular weight excluding hydrogens is 258 g/mol. The van der Waals surface area contributed by atoms with E-state index in [2.05, 4.69) is 35.5 Å². The van der Waals surface area contributed by atoms with Crippen LogP contribution in [0.2, 0.25) is 0 Å². The summed E-state index contributed by atoms with van der Waals surface area (Å²) in [4.78, 5) is 16.2. The number of amides is 2. The molecule has 1 aromatic rings. The topological polar surface area (TPSA) is 35.6 Å². The summed E-state index contributed by atoms with van der Waals surface area (Å²) in [6.45, 7) is 6.50. The van der Waals surface area contributed by atoms with Crippen molar-refractivity contribution in [2.24, 2.45) is 0 Å². The Balaban J connectivity index is 2.65. The molecule has 1 aromatic heterocycles. The van der Waals surface area contributed by atoms with Gasteiger partial charge in [0, 0.05) is 19.6 Å². The third-order valence-electron chi connectivity index (χ3n) is 2.81. The Bertz CT molecular complexity index is 390. The van der Waals surface area contributed by atoms with Gasteiger partial charge in [0.1, 0.15) is 0 Å². The summed E-state index contributed by atoms with van der Waals surface area (Å²) in [5.74, 6) is 0. The van der Waals surface area contributed by atoms with Crippen LogP contribution in [0.4, 0.5) is 9.80 Å². The van der Waals surface area contributed by atoms with Crippen LogP contribution >= 0.6 is 11.3 Å². The molecular formula is C14H25N3OS. The second-order valence-corrected chi connectivity index (χ2v) is 5.89. The second kappa shape index (κ2) is 8.17. The Morgan fingerprint density at radius 2 is 2.11 bits per heavy atom. The third-order valence-corrected chi connectivity index (χ3v) is 3.87. The van der Waals surface area contributed by atoms with Gasteiger partial charge in [-0.2, -0.15) is 0 Å². The molecule has 1 rings (SSSR count). The molecule has 0 radical (unpaired) electrons. The van der Waals surface area contributed by atoms with Crippen LogP contribution in [0.5, 0.6) is 0 Å². The average molecular weight is 283 g/mol. The van der Waals surface area contributed by atoms with Crippen molar-refractivity contribution in [3.8, 4) is 0 Å². The van der Waals surface area contributed by atoms with Crippen molar-refractivity contribution in [3.63, 3.8) is 0 Å². The lowest BCUT2D eigenvalue weighted by molar-refractivity contribution is 0.245. The number of likely N-dealkylation sites (N-methyl/N-ethyl adjacent to an activating group) is 1. The highest BCUT2D eigenvalue weighted by Crippen LogP contribution is 2.24. The number of hydrogen-bond donors (Lipinski definition) is 1. The quantitative estimate of drug-likeness (QED) is 0.781. The molecule has 0 spiro atoms. The number of hydrogen-bond acceptors (Lipinski definition) is 3. The largest absolute Gasteiger partial charge is 0.338 e. The van der Waals surface area contributed by atoms with Gasteiger partial charge in [0.05, 0.1) is 5.00 Å². The maximum absolute atomic E-state index is 12.2. The third kappa shape index (κ3) is 5.61. The number of anilines is 1. The number of aryl methyl sites for hydroxylation is 1. The van der Waals surface area contributed by atoms with E-state index in [1.54, 1.807) is 11.3 Å². The monoisotopic (exact) mass is 283 g/mol. The fraction of sp³-hybridized carbons (Fsp3) is 0.643. The number of urea groups is 1. The molecule has 4 nitrogen and oxygen atoms in total. The molecule has 0 aliphatic heterocycles. The van der Waals surface area contributed by atoms with E-state index in [0.717, 1.165) is 30.9 Å². The van der Waals surface area contributed by atoms with Gasteiger partial charge in [-0.1, -0.05) is 13.3 Å². The highest BCUT2D eigenvalue weighted by atomic mass is 32.1. The molecule has 0 saturated carbocycles. The summed E-state index contributed by atoms with van der Waals surface area (Å²) < 4.78 is 0. The Morgan fingerprint density at radius 1 is 1.37 bits per heavy atom. The second-order valence-electron chi connectivity index (χ2n) is 5.00. The Kier molecular flexibility index (Phi) is 6.87. The first kappa shape index (κ1) is 16.0. The SMILES string of the molecule is CCCCNC(=O)N(CCN(C)C)c1cc(C)cs1. The smallest absolute Gasteiger partial charge is 0.322 e. The van der Waals surface area contributed by atoms with Crippen molar-refractivity contribution in [1.29, 1.82) is 0 Å². The molecule has 0 fully saturated rings. The highest BCUT2D eigenvalue weighted by molar-refractivity contribution is 7.14. The van der Waals surface area contributed by atoms with Crippen molar-refractivity contribution in [2.75, 3.05) is 38.6 Å². The summed E-state index contributed by atoms with van der Waals surface area (Å²) >= 11 is 1.62. The lowest BCUT2D eigenvalue weighted by Gasteiger charge is -2.23. The summed E-state index contributed by atoms with van der Waals surface area (Å²) in [6, 6.07) is 2.08. The number of carbonyl (C=O) groups is 1. The molecule has 0 aromatic carbocycles. The standard InChI is InChI=1S/C14H25N3OS/c1-5-6-7-15-14(18)17(9-8-16(3)4)13-10-12(2)11-19-13/h10-11H,5-9H2,1-4H3,(H,15,18). The summed E-state index contributed by atoms with van der Waals surface area (Å²) in [5.41, 5.74) is 1.20. The Labute approximate surface area is 120 Å². The van der Waals surface area contributed by atoms with E-state index >= 15 is 0 Å². The van der Waals surface area contributed by atoms with E-state index in [4.69, 9.17) is 0 Å². The maximum atomic E-state index is 12.2. The maximum Gasteiger partial charge on any atom is 0.322 e. The molecule has 0 aliphatic carbocycles. The van der Waals surface area contributed by atoms with E-state index in [0.29, 0.717) is 6.54 Å². The predicted molar refractivity (Wildman–Crippen MR) is 83.3 cm³/mol. The van der Waals surface area contributed by atoms with Crippen molar-refractivity contribution in [1.82, 2.24) is 10.2 Å². The molecule has 0 aliphatic rings. The molecule has 19 heavy (non-hydrogen) atoms. The van der Waals surface area contributed by atoms with Gasteiger partial charge < -0.3 is 10.2 Å². The number of rotatable bonds is 7. The van der Waals surface area contributed by atoms with Crippen molar-refractivity contribution in [2.45, 2.75) is 26.7 Å². The van der Waals surface area contributed by atoms with Gasteiger partial charge in [0.25, 0.3) is 0 Å². The van der Waals surface area contributed by atoms with Crippen molar-refractivity contribution >= 4 is 22.4 Å². The van der Waals surface area contributed by atoms with Crippen LogP contribution in [0, 0.1) is 6.92 Å². The molecule has 1 N–H and O–H groups in total. The summed E-state index contributed by atoms with van der Waals surface area (Å²) in [6.07, 6.45) is 2.12. The average Bonchev–Trinajstić information content (AvgIpc) is 2.76. The van der Waals surface area contributed by atoms with Gasteiger partial charge in [0.15, 0.2) is 0 Å². The first-order valence-electron chi connectivity index (χ1n) is 6.79. The zero-order chi connectivity index (χ0) is 14.3. The number of nitrogens with zero attached hydrogens (tertiary/aromatic N) is 2. The van der Waals surface area contributed by atoms with Crippen LogP contribution < -0.4 is 10.2 Å². The van der Waals surface area contributed by atoms with Crippen LogP contribution in [0.15, 0.2) is 11.4 Å². The molecule has 1 heterocycles. The number of unbranched alkanes of at least 4 members (excludes halogenated alkanes) is 1. The first-order valence-corrected chi connectivity index (χ1v) is 7.67. The van der Waals surface area contributed by atoms with Gasteiger partial charge in [-0.3, -0.25) is 4.90 Å². The molecule has 0 atom stereocenters. The van der Waals surface area contributed by atoms with Crippen LogP contribution in [0.1, 0.15) is 25.3 Å². The zero-order valence-electron chi connectivity index (χ0n) is 12.4. The molecule has 0 saturated heterocycles. The van der Waals surface area contributed by atoms with Crippen LogP contribution in [0.3, 0.4) is 0 Å². The van der Waals surface area contributed by atoms with Gasteiger partial charge in [0.2, 0.25) is 0 Å². The van der Waals surface area contributed by atoms with Gasteiger partial charge in [-0.25, -0.2) is 4.79 Å². The minimum absolute atomic E-state index is 0.0113. The van der Waals surface area contributed by atoms with E-state index in [-0.39, 0.29) is 6.03 Å². The Morgan fingerprint density at radius 3 is 2.63 bits per heavy atom. The van der Waals surface area contributed by atoms with E-state index in [9.17, 15) is 4.79 Å². The summed E-state index contributed by atoms with van der Waals surface area (Å²) in [5, 5.41) is 6.09. The lowest BCUT2D eigenvalue weighted by atomic mass is 10.3. The lowest BCUT2D eigenvalue weighted by Crippen LogP contribution is -2.43. The number of carbonyl (C=O) groups excluding carboxylic acids is 1. The fourth-order valence-electron chi connectivity index (χ4n) is 1.64. The predicted octanol–water partition coefficient (Wildman–Crippen LogP) is 2.93. The highest BCUT2D eigenvalue weighted by Gasteiger charge is 2.16. The van der Waals surface area contributed by atoms with Crippen molar-refractivity contribution < 1.29 is 4.79 Å². The first-order chi connectivity index (χ1) is 9.04. The Hall–Kier alpha value is -1.07. The van der Waals surface area contributed by atoms with E-state index in [1.807, 2.05) is 19.0 Å². The number of thiophene rings is 1. The molecule has 0 bridgehead atoms.